The van der Waals surface area contributed by atoms with Crippen molar-refractivity contribution in [2.75, 3.05) is 26.7 Å². The standard InChI is InChI=1S/C12H22N2O2/c1-16-11-5-7-14(9-11)12(15)8-10-4-2-3-6-13-10/h10-11,13H,2-9H2,1H3. The number of nitrogens with zero attached hydrogens (tertiary/aromatic N) is 1. The predicted octanol–water partition coefficient (Wildman–Crippen LogP) is 0.766. The quantitative estimate of drug-likeness (QED) is 0.772. The van der Waals surface area contributed by atoms with Gasteiger partial charge in [0.1, 0.15) is 0 Å². The highest BCUT2D eigenvalue weighted by molar-refractivity contribution is 5.77. The highest BCUT2D eigenvalue weighted by atomic mass is 16.5. The molecule has 16 heavy (non-hydrogen) atoms. The molecule has 0 saturated carbocycles. The van der Waals surface area contributed by atoms with Crippen LogP contribution in [0.1, 0.15) is 32.1 Å². The van der Waals surface area contributed by atoms with Crippen molar-refractivity contribution in [3.05, 3.63) is 0 Å². The first-order valence-corrected chi connectivity index (χ1v) is 6.33. The molecule has 0 aromatic rings. The molecule has 0 bridgehead atoms. The Kier molecular flexibility index (Phi) is 4.18. The Labute approximate surface area is 97.3 Å². The van der Waals surface area contributed by atoms with Crippen molar-refractivity contribution in [2.45, 2.75) is 44.2 Å². The molecule has 2 rings (SSSR count). The van der Waals surface area contributed by atoms with Crippen molar-refractivity contribution in [1.29, 1.82) is 0 Å². The van der Waals surface area contributed by atoms with E-state index < -0.39 is 0 Å². The minimum absolute atomic E-state index is 0.253. The van der Waals surface area contributed by atoms with Gasteiger partial charge in [-0.05, 0) is 25.8 Å². The Bertz CT molecular complexity index is 239. The van der Waals surface area contributed by atoms with Crippen molar-refractivity contribution >= 4 is 5.91 Å². The number of carbonyl (C=O) groups excluding carboxylic acids is 1. The zero-order valence-electron chi connectivity index (χ0n) is 10.1. The molecule has 0 aliphatic carbocycles. The molecule has 1 N–H and O–H groups in total. The third kappa shape index (κ3) is 2.95. The van der Waals surface area contributed by atoms with Crippen LogP contribution in [-0.2, 0) is 9.53 Å². The summed E-state index contributed by atoms with van der Waals surface area (Å²) in [6.45, 7) is 2.71. The van der Waals surface area contributed by atoms with Crippen molar-refractivity contribution in [2.24, 2.45) is 0 Å². The SMILES string of the molecule is COC1CCN(C(=O)CC2CCCCN2)C1. The summed E-state index contributed by atoms with van der Waals surface area (Å²) >= 11 is 0. The molecule has 0 spiro atoms. The molecule has 2 saturated heterocycles. The molecule has 2 aliphatic heterocycles. The van der Waals surface area contributed by atoms with Crippen molar-refractivity contribution in [1.82, 2.24) is 10.2 Å². The van der Waals surface area contributed by atoms with E-state index in [0.717, 1.165) is 32.5 Å². The Balaban J connectivity index is 1.75. The van der Waals surface area contributed by atoms with Gasteiger partial charge in [-0.25, -0.2) is 0 Å². The molecule has 4 heteroatoms. The molecule has 92 valence electrons. The van der Waals surface area contributed by atoms with Gasteiger partial charge in [-0.3, -0.25) is 4.79 Å². The van der Waals surface area contributed by atoms with E-state index in [4.69, 9.17) is 4.74 Å². The smallest absolute Gasteiger partial charge is 0.224 e. The summed E-state index contributed by atoms with van der Waals surface area (Å²) < 4.78 is 5.27. The lowest BCUT2D eigenvalue weighted by atomic mass is 10.0. The highest BCUT2D eigenvalue weighted by Gasteiger charge is 2.27. The maximum Gasteiger partial charge on any atom is 0.224 e. The van der Waals surface area contributed by atoms with Crippen LogP contribution in [0, 0.1) is 0 Å². The molecular formula is C12H22N2O2. The Morgan fingerprint density at radius 1 is 1.44 bits per heavy atom. The van der Waals surface area contributed by atoms with E-state index in [0.29, 0.717) is 18.4 Å². The van der Waals surface area contributed by atoms with E-state index >= 15 is 0 Å². The normalized spacial score (nSPS) is 30.7. The monoisotopic (exact) mass is 226 g/mol. The number of rotatable bonds is 3. The maximum atomic E-state index is 12.0. The van der Waals surface area contributed by atoms with Gasteiger partial charge in [-0.2, -0.15) is 0 Å². The number of likely N-dealkylation sites (tertiary alicyclic amines) is 1. The van der Waals surface area contributed by atoms with Gasteiger partial charge in [0.25, 0.3) is 0 Å². The van der Waals surface area contributed by atoms with E-state index in [1.54, 1.807) is 7.11 Å². The van der Waals surface area contributed by atoms with Crippen LogP contribution in [0.5, 0.6) is 0 Å². The number of hydrogen-bond acceptors (Lipinski definition) is 3. The first-order valence-electron chi connectivity index (χ1n) is 6.33. The molecule has 4 nitrogen and oxygen atoms in total. The molecule has 0 aromatic carbocycles. The van der Waals surface area contributed by atoms with E-state index in [1.807, 2.05) is 4.90 Å². The Morgan fingerprint density at radius 3 is 2.94 bits per heavy atom. The van der Waals surface area contributed by atoms with Crippen LogP contribution in [-0.4, -0.2) is 49.7 Å². The number of ether oxygens (including phenoxy) is 1. The minimum atomic E-state index is 0.253. The van der Waals surface area contributed by atoms with Crippen molar-refractivity contribution in [3.8, 4) is 0 Å². The van der Waals surface area contributed by atoms with Crippen LogP contribution in [0.3, 0.4) is 0 Å². The van der Waals surface area contributed by atoms with Crippen LogP contribution < -0.4 is 5.32 Å². The predicted molar refractivity (Wildman–Crippen MR) is 62.3 cm³/mol. The number of piperidine rings is 1. The average Bonchev–Trinajstić information content (AvgIpc) is 2.79. The number of amides is 1. The lowest BCUT2D eigenvalue weighted by Crippen LogP contribution is -2.40. The van der Waals surface area contributed by atoms with Gasteiger partial charge in [0.05, 0.1) is 6.10 Å². The highest BCUT2D eigenvalue weighted by Crippen LogP contribution is 2.16. The van der Waals surface area contributed by atoms with Gasteiger partial charge < -0.3 is 15.0 Å². The van der Waals surface area contributed by atoms with Gasteiger partial charge in [0.2, 0.25) is 5.91 Å². The van der Waals surface area contributed by atoms with E-state index in [1.165, 1.54) is 12.8 Å². The van der Waals surface area contributed by atoms with Gasteiger partial charge in [0.15, 0.2) is 0 Å². The lowest BCUT2D eigenvalue weighted by Gasteiger charge is -2.25. The van der Waals surface area contributed by atoms with Gasteiger partial charge >= 0.3 is 0 Å². The Hall–Kier alpha value is -0.610. The second-order valence-electron chi connectivity index (χ2n) is 4.84. The molecule has 2 atom stereocenters. The molecule has 2 unspecified atom stereocenters. The summed E-state index contributed by atoms with van der Waals surface area (Å²) in [5.74, 6) is 0.291. The van der Waals surface area contributed by atoms with Gasteiger partial charge in [-0.1, -0.05) is 6.42 Å². The fraction of sp³-hybridized carbons (Fsp3) is 0.917. The Morgan fingerprint density at radius 2 is 2.31 bits per heavy atom. The zero-order chi connectivity index (χ0) is 11.4. The van der Waals surface area contributed by atoms with Gasteiger partial charge in [-0.15, -0.1) is 0 Å². The summed E-state index contributed by atoms with van der Waals surface area (Å²) in [5, 5.41) is 3.42. The molecule has 2 aliphatic rings. The van der Waals surface area contributed by atoms with Crippen LogP contribution in [0.15, 0.2) is 0 Å². The molecule has 0 radical (unpaired) electrons. The minimum Gasteiger partial charge on any atom is -0.380 e. The van der Waals surface area contributed by atoms with Crippen LogP contribution in [0.2, 0.25) is 0 Å². The summed E-state index contributed by atoms with van der Waals surface area (Å²) in [5.41, 5.74) is 0. The first kappa shape index (κ1) is 11.9. The molecular weight excluding hydrogens is 204 g/mol. The van der Waals surface area contributed by atoms with Crippen molar-refractivity contribution < 1.29 is 9.53 Å². The van der Waals surface area contributed by atoms with Crippen LogP contribution in [0.25, 0.3) is 0 Å². The lowest BCUT2D eigenvalue weighted by molar-refractivity contribution is -0.131. The number of methoxy groups -OCH3 is 1. The summed E-state index contributed by atoms with van der Waals surface area (Å²) in [7, 11) is 1.72. The van der Waals surface area contributed by atoms with Gasteiger partial charge in [0, 0.05) is 32.7 Å². The topological polar surface area (TPSA) is 41.6 Å². The fourth-order valence-corrected chi connectivity index (χ4v) is 2.59. The molecule has 1 amide bonds. The van der Waals surface area contributed by atoms with Crippen LogP contribution in [0.4, 0.5) is 0 Å². The number of carbonyl (C=O) groups is 1. The molecule has 2 heterocycles. The maximum absolute atomic E-state index is 12.0. The van der Waals surface area contributed by atoms with E-state index in [-0.39, 0.29) is 6.10 Å². The van der Waals surface area contributed by atoms with E-state index in [9.17, 15) is 4.79 Å². The number of nitrogens with one attached hydrogen (secondary N) is 1. The van der Waals surface area contributed by atoms with E-state index in [2.05, 4.69) is 5.32 Å². The van der Waals surface area contributed by atoms with Crippen molar-refractivity contribution in [3.63, 3.8) is 0 Å². The largest absolute Gasteiger partial charge is 0.380 e. The third-order valence-electron chi connectivity index (χ3n) is 3.66. The second-order valence-corrected chi connectivity index (χ2v) is 4.84. The second kappa shape index (κ2) is 5.64. The summed E-state index contributed by atoms with van der Waals surface area (Å²) in [6.07, 6.45) is 5.55. The number of hydrogen-bond donors (Lipinski definition) is 1. The third-order valence-corrected chi connectivity index (χ3v) is 3.66. The first-order chi connectivity index (χ1) is 7.79. The zero-order valence-corrected chi connectivity index (χ0v) is 10.1. The molecule has 2 fully saturated rings. The summed E-state index contributed by atoms with van der Waals surface area (Å²) in [6, 6.07) is 0.405. The molecule has 0 aromatic heterocycles. The fourth-order valence-electron chi connectivity index (χ4n) is 2.59. The van der Waals surface area contributed by atoms with Crippen LogP contribution >= 0.6 is 0 Å². The average molecular weight is 226 g/mol. The summed E-state index contributed by atoms with van der Waals surface area (Å²) in [4.78, 5) is 14.0.